The molecule has 2 heterocycles. The molecule has 2 aromatic rings. The zero-order valence-electron chi connectivity index (χ0n) is 16.6. The Bertz CT molecular complexity index is 850. The highest BCUT2D eigenvalue weighted by Crippen LogP contribution is 2.36. The molecular weight excluding hydrogens is 508 g/mol. The molecule has 8 nitrogen and oxygen atoms in total. The van der Waals surface area contributed by atoms with Gasteiger partial charge < -0.3 is 19.3 Å². The molecule has 1 amide bonds. The maximum absolute atomic E-state index is 12.7. The molecular formula is C19H24Br2N4O4. The van der Waals surface area contributed by atoms with Crippen LogP contribution in [0, 0.1) is 5.41 Å². The first-order valence-electron chi connectivity index (χ1n) is 9.25. The number of rotatable bonds is 5. The summed E-state index contributed by atoms with van der Waals surface area (Å²) in [5.41, 5.74) is 0.751. The number of hydrogen-bond acceptors (Lipinski definition) is 7. The fraction of sp³-hybridized carbons (Fsp3) is 0.526. The van der Waals surface area contributed by atoms with Crippen LogP contribution in [-0.4, -0.2) is 70.5 Å². The van der Waals surface area contributed by atoms with Gasteiger partial charge in [-0.1, -0.05) is 25.9 Å². The summed E-state index contributed by atoms with van der Waals surface area (Å²) < 4.78 is 11.9. The van der Waals surface area contributed by atoms with E-state index in [0.29, 0.717) is 40.9 Å². The van der Waals surface area contributed by atoms with Crippen LogP contribution in [0.15, 0.2) is 25.6 Å². The maximum atomic E-state index is 12.7. The van der Waals surface area contributed by atoms with Gasteiger partial charge in [-0.25, -0.2) is 0 Å². The number of aromatic hydroxyl groups is 1. The first-order valence-corrected chi connectivity index (χ1v) is 10.8. The number of halogens is 2. The molecule has 29 heavy (non-hydrogen) atoms. The average Bonchev–Trinajstić information content (AvgIpc) is 3.15. The lowest BCUT2D eigenvalue weighted by molar-refractivity contribution is -0.0212. The highest BCUT2D eigenvalue weighted by atomic mass is 79.9. The second-order valence-corrected chi connectivity index (χ2v) is 9.87. The molecule has 1 saturated heterocycles. The van der Waals surface area contributed by atoms with Gasteiger partial charge in [0.2, 0.25) is 5.82 Å². The van der Waals surface area contributed by atoms with Crippen LogP contribution in [-0.2, 0) is 4.74 Å². The van der Waals surface area contributed by atoms with Crippen molar-refractivity contribution < 1.29 is 19.2 Å². The third kappa shape index (κ3) is 5.78. The molecule has 158 valence electrons. The molecule has 1 aromatic carbocycles. The Morgan fingerprint density at radius 3 is 2.41 bits per heavy atom. The van der Waals surface area contributed by atoms with Crippen molar-refractivity contribution in [3.05, 3.63) is 27.0 Å². The Balaban J connectivity index is 1.57. The van der Waals surface area contributed by atoms with E-state index in [4.69, 9.17) is 9.26 Å². The third-order valence-electron chi connectivity index (χ3n) is 4.35. The molecule has 3 rings (SSSR count). The topological polar surface area (TPSA) is 91.9 Å². The summed E-state index contributed by atoms with van der Waals surface area (Å²) in [4.78, 5) is 20.8. The molecule has 1 aliphatic rings. The first kappa shape index (κ1) is 22.2. The molecule has 0 aliphatic carbocycles. The summed E-state index contributed by atoms with van der Waals surface area (Å²) in [6.45, 7) is 10.3. The minimum absolute atomic E-state index is 0.0437. The van der Waals surface area contributed by atoms with Crippen molar-refractivity contribution in [1.82, 2.24) is 19.9 Å². The van der Waals surface area contributed by atoms with Crippen LogP contribution in [0.2, 0.25) is 0 Å². The van der Waals surface area contributed by atoms with Crippen molar-refractivity contribution in [2.45, 2.75) is 20.8 Å². The van der Waals surface area contributed by atoms with Gasteiger partial charge in [0.05, 0.1) is 22.3 Å². The van der Waals surface area contributed by atoms with E-state index in [-0.39, 0.29) is 28.8 Å². The zero-order valence-corrected chi connectivity index (χ0v) is 19.8. The van der Waals surface area contributed by atoms with E-state index in [1.54, 1.807) is 17.0 Å². The van der Waals surface area contributed by atoms with Crippen LogP contribution in [0.1, 0.15) is 31.5 Å². The normalized spacial score (nSPS) is 15.7. The standard InChI is InChI=1S/C19H24Br2N4O4/c1-19(2,3)10-28-11-24-4-6-25(7-5-24)18(27)17-22-16(23-29-17)12-8-13(20)15(26)14(21)9-12/h8-9,26H,4-7,10-11H2,1-3H3. The summed E-state index contributed by atoms with van der Waals surface area (Å²) in [5.74, 6) is 0.0375. The fourth-order valence-electron chi connectivity index (χ4n) is 2.82. The molecule has 0 radical (unpaired) electrons. The number of piperazine rings is 1. The smallest absolute Gasteiger partial charge is 0.316 e. The molecule has 0 atom stereocenters. The Kier molecular flexibility index (Phi) is 6.98. The summed E-state index contributed by atoms with van der Waals surface area (Å²) in [7, 11) is 0. The van der Waals surface area contributed by atoms with Crippen molar-refractivity contribution in [2.75, 3.05) is 39.5 Å². The van der Waals surface area contributed by atoms with E-state index in [1.165, 1.54) is 0 Å². The number of carbonyl (C=O) groups is 1. The van der Waals surface area contributed by atoms with Crippen molar-refractivity contribution >= 4 is 37.8 Å². The van der Waals surface area contributed by atoms with E-state index >= 15 is 0 Å². The number of hydrogen-bond donors (Lipinski definition) is 1. The minimum atomic E-state index is -0.282. The predicted octanol–water partition coefficient (Wildman–Crippen LogP) is 3.75. The lowest BCUT2D eigenvalue weighted by Gasteiger charge is -2.34. The van der Waals surface area contributed by atoms with Crippen LogP contribution >= 0.6 is 31.9 Å². The molecule has 1 N–H and O–H groups in total. The number of aromatic nitrogens is 2. The Labute approximate surface area is 186 Å². The average molecular weight is 532 g/mol. The van der Waals surface area contributed by atoms with Crippen LogP contribution in [0.3, 0.4) is 0 Å². The quantitative estimate of drug-likeness (QED) is 0.628. The van der Waals surface area contributed by atoms with Gasteiger partial charge in [-0.2, -0.15) is 4.98 Å². The largest absolute Gasteiger partial charge is 0.506 e. The molecule has 10 heteroatoms. The fourth-order valence-corrected chi connectivity index (χ4v) is 4.00. The summed E-state index contributed by atoms with van der Waals surface area (Å²) >= 11 is 6.54. The van der Waals surface area contributed by atoms with Gasteiger partial charge in [-0.15, -0.1) is 0 Å². The highest BCUT2D eigenvalue weighted by Gasteiger charge is 2.27. The van der Waals surface area contributed by atoms with E-state index < -0.39 is 0 Å². The molecule has 0 unspecified atom stereocenters. The number of amides is 1. The van der Waals surface area contributed by atoms with Crippen molar-refractivity contribution in [3.8, 4) is 17.1 Å². The van der Waals surface area contributed by atoms with Gasteiger partial charge in [0.25, 0.3) is 0 Å². The van der Waals surface area contributed by atoms with Crippen LogP contribution in [0.5, 0.6) is 5.75 Å². The molecule has 1 fully saturated rings. The summed E-state index contributed by atoms with van der Waals surface area (Å²) in [5, 5.41) is 13.7. The predicted molar refractivity (Wildman–Crippen MR) is 115 cm³/mol. The number of benzene rings is 1. The third-order valence-corrected chi connectivity index (χ3v) is 5.56. The van der Waals surface area contributed by atoms with Gasteiger partial charge in [0, 0.05) is 31.7 Å². The van der Waals surface area contributed by atoms with Gasteiger partial charge in [0.15, 0.2) is 0 Å². The monoisotopic (exact) mass is 530 g/mol. The Morgan fingerprint density at radius 1 is 1.21 bits per heavy atom. The number of phenolic OH excluding ortho intramolecular Hbond substituents is 1. The lowest BCUT2D eigenvalue weighted by atomic mass is 9.99. The SMILES string of the molecule is CC(C)(C)COCN1CCN(C(=O)c2nc(-c3cc(Br)c(O)c(Br)c3)no2)CC1. The molecule has 1 aliphatic heterocycles. The number of carbonyl (C=O) groups excluding carboxylic acids is 1. The molecule has 1 aromatic heterocycles. The second kappa shape index (κ2) is 9.11. The van der Waals surface area contributed by atoms with E-state index in [9.17, 15) is 9.90 Å². The second-order valence-electron chi connectivity index (χ2n) is 8.16. The number of ether oxygens (including phenoxy) is 1. The van der Waals surface area contributed by atoms with Gasteiger partial charge in [-0.05, 0) is 49.4 Å². The molecule has 0 spiro atoms. The number of nitrogens with zero attached hydrogens (tertiary/aromatic N) is 4. The number of phenols is 1. The van der Waals surface area contributed by atoms with E-state index in [0.717, 1.165) is 13.1 Å². The van der Waals surface area contributed by atoms with Crippen LogP contribution in [0.4, 0.5) is 0 Å². The van der Waals surface area contributed by atoms with Gasteiger partial charge in [-0.3, -0.25) is 9.69 Å². The van der Waals surface area contributed by atoms with E-state index in [2.05, 4.69) is 67.7 Å². The molecule has 0 saturated carbocycles. The zero-order chi connectivity index (χ0) is 21.2. The van der Waals surface area contributed by atoms with Crippen LogP contribution in [0.25, 0.3) is 11.4 Å². The Morgan fingerprint density at radius 2 is 1.83 bits per heavy atom. The van der Waals surface area contributed by atoms with Crippen LogP contribution < -0.4 is 0 Å². The highest BCUT2D eigenvalue weighted by molar-refractivity contribution is 9.11. The van der Waals surface area contributed by atoms with Crippen molar-refractivity contribution in [3.63, 3.8) is 0 Å². The van der Waals surface area contributed by atoms with Gasteiger partial charge >= 0.3 is 11.8 Å². The molecule has 0 bridgehead atoms. The van der Waals surface area contributed by atoms with Crippen molar-refractivity contribution in [2.24, 2.45) is 5.41 Å². The first-order chi connectivity index (χ1) is 13.6. The summed E-state index contributed by atoms with van der Waals surface area (Å²) in [6.07, 6.45) is 0. The van der Waals surface area contributed by atoms with E-state index in [1.807, 2.05) is 0 Å². The lowest BCUT2D eigenvalue weighted by Crippen LogP contribution is -2.49. The van der Waals surface area contributed by atoms with Gasteiger partial charge in [0.1, 0.15) is 5.75 Å². The summed E-state index contributed by atoms with van der Waals surface area (Å²) in [6, 6.07) is 3.32. The maximum Gasteiger partial charge on any atom is 0.316 e. The Hall–Kier alpha value is -1.49. The minimum Gasteiger partial charge on any atom is -0.506 e. The van der Waals surface area contributed by atoms with Crippen molar-refractivity contribution in [1.29, 1.82) is 0 Å².